The number of nitrogens with one attached hydrogen (secondary N) is 1. The summed E-state index contributed by atoms with van der Waals surface area (Å²) in [6.07, 6.45) is 0. The van der Waals surface area contributed by atoms with E-state index in [1.165, 1.54) is 24.3 Å². The molecule has 0 saturated carbocycles. The highest BCUT2D eigenvalue weighted by Crippen LogP contribution is 2.22. The third-order valence-corrected chi connectivity index (χ3v) is 2.93. The number of hydrogen-bond acceptors (Lipinski definition) is 3. The number of phenols is 1. The summed E-state index contributed by atoms with van der Waals surface area (Å²) < 4.78 is 13.2. The number of halogens is 1. The molecule has 0 heterocycles. The largest absolute Gasteiger partial charge is 0.507 e. The average molecular weight is 289 g/mol. The number of rotatable bonds is 3. The molecule has 0 bridgehead atoms. The molecule has 3 N–H and O–H groups in total. The van der Waals surface area contributed by atoms with E-state index in [0.29, 0.717) is 5.56 Å². The first kappa shape index (κ1) is 14.5. The number of amides is 1. The Bertz CT molecular complexity index is 728. The zero-order valence-corrected chi connectivity index (χ0v) is 11.1. The number of aromatic carboxylic acids is 1. The van der Waals surface area contributed by atoms with Crippen LogP contribution in [0.25, 0.3) is 0 Å². The van der Waals surface area contributed by atoms with Crippen LogP contribution in [0.3, 0.4) is 0 Å². The van der Waals surface area contributed by atoms with E-state index in [0.717, 1.165) is 12.1 Å². The number of aryl methyl sites for hydroxylation is 1. The molecular formula is C15H12FNO4. The summed E-state index contributed by atoms with van der Waals surface area (Å²) in [5, 5.41) is 20.8. The fraction of sp³-hybridized carbons (Fsp3) is 0.0667. The van der Waals surface area contributed by atoms with E-state index < -0.39 is 23.4 Å². The minimum absolute atomic E-state index is 0.164. The minimum Gasteiger partial charge on any atom is -0.507 e. The van der Waals surface area contributed by atoms with Crippen molar-refractivity contribution < 1.29 is 24.2 Å². The summed E-state index contributed by atoms with van der Waals surface area (Å²) in [5.74, 6) is -2.81. The van der Waals surface area contributed by atoms with Crippen molar-refractivity contribution in [1.82, 2.24) is 0 Å². The van der Waals surface area contributed by atoms with E-state index in [1.807, 2.05) is 0 Å². The fourth-order valence-corrected chi connectivity index (χ4v) is 1.83. The number of hydrogen-bond donors (Lipinski definition) is 3. The Balaban J connectivity index is 2.26. The lowest BCUT2D eigenvalue weighted by molar-refractivity contribution is 0.0693. The quantitative estimate of drug-likeness (QED) is 0.811. The number of aromatic hydroxyl groups is 1. The van der Waals surface area contributed by atoms with Gasteiger partial charge in [0, 0.05) is 17.3 Å². The molecule has 2 rings (SSSR count). The second-order valence-electron chi connectivity index (χ2n) is 4.45. The van der Waals surface area contributed by atoms with Crippen LogP contribution >= 0.6 is 0 Å². The lowest BCUT2D eigenvalue weighted by Crippen LogP contribution is -2.14. The van der Waals surface area contributed by atoms with Gasteiger partial charge in [-0.05, 0) is 36.8 Å². The third kappa shape index (κ3) is 3.17. The molecule has 5 nitrogen and oxygen atoms in total. The normalized spacial score (nSPS) is 10.2. The maximum atomic E-state index is 13.2. The molecular weight excluding hydrogens is 277 g/mol. The first-order chi connectivity index (χ1) is 9.88. The highest BCUT2D eigenvalue weighted by atomic mass is 19.1. The van der Waals surface area contributed by atoms with Crippen molar-refractivity contribution in [1.29, 1.82) is 0 Å². The summed E-state index contributed by atoms with van der Waals surface area (Å²) in [6, 6.07) is 7.47. The van der Waals surface area contributed by atoms with Gasteiger partial charge in [-0.2, -0.15) is 0 Å². The minimum atomic E-state index is -1.27. The molecule has 6 heteroatoms. The predicted molar refractivity (Wildman–Crippen MR) is 74.2 cm³/mol. The van der Waals surface area contributed by atoms with E-state index >= 15 is 0 Å². The van der Waals surface area contributed by atoms with Crippen LogP contribution in [0.15, 0.2) is 36.4 Å². The Morgan fingerprint density at radius 3 is 2.43 bits per heavy atom. The Morgan fingerprint density at radius 1 is 1.10 bits per heavy atom. The molecule has 21 heavy (non-hydrogen) atoms. The Labute approximate surface area is 119 Å². The number of anilines is 1. The van der Waals surface area contributed by atoms with Gasteiger partial charge in [0.05, 0.1) is 0 Å². The van der Waals surface area contributed by atoms with Crippen molar-refractivity contribution in [2.24, 2.45) is 0 Å². The van der Waals surface area contributed by atoms with Crippen molar-refractivity contribution in [2.75, 3.05) is 5.32 Å². The molecule has 0 unspecified atom stereocenters. The van der Waals surface area contributed by atoms with Gasteiger partial charge in [0.1, 0.15) is 17.1 Å². The van der Waals surface area contributed by atoms with Crippen LogP contribution in [0.1, 0.15) is 26.3 Å². The number of carbonyl (C=O) groups excluding carboxylic acids is 1. The summed E-state index contributed by atoms with van der Waals surface area (Å²) in [6.45, 7) is 1.67. The fourth-order valence-electron chi connectivity index (χ4n) is 1.83. The van der Waals surface area contributed by atoms with Crippen LogP contribution in [0, 0.1) is 12.7 Å². The van der Waals surface area contributed by atoms with E-state index in [1.54, 1.807) is 6.92 Å². The smallest absolute Gasteiger partial charge is 0.339 e. The van der Waals surface area contributed by atoms with Gasteiger partial charge in [0.2, 0.25) is 0 Å². The standard InChI is InChI=1S/C15H12FNO4/c1-8-2-3-9(16)6-12(8)14(19)17-10-4-5-11(15(20)21)13(18)7-10/h2-7,18H,1H3,(H,17,19)(H,20,21). The number of benzene rings is 2. The molecule has 2 aromatic rings. The maximum absolute atomic E-state index is 13.2. The molecule has 0 saturated heterocycles. The summed E-state index contributed by atoms with van der Waals surface area (Å²) in [7, 11) is 0. The zero-order valence-electron chi connectivity index (χ0n) is 11.1. The van der Waals surface area contributed by atoms with E-state index in [9.17, 15) is 19.1 Å². The highest BCUT2D eigenvalue weighted by molar-refractivity contribution is 6.05. The van der Waals surface area contributed by atoms with Crippen LogP contribution in [0.5, 0.6) is 5.75 Å². The number of carboxylic acids is 1. The summed E-state index contributed by atoms with van der Waals surface area (Å²) >= 11 is 0. The zero-order chi connectivity index (χ0) is 15.6. The van der Waals surface area contributed by atoms with Crippen molar-refractivity contribution >= 4 is 17.6 Å². The molecule has 2 aromatic carbocycles. The molecule has 0 spiro atoms. The van der Waals surface area contributed by atoms with Crippen molar-refractivity contribution in [3.8, 4) is 5.75 Å². The highest BCUT2D eigenvalue weighted by Gasteiger charge is 2.13. The van der Waals surface area contributed by atoms with Crippen LogP contribution < -0.4 is 5.32 Å². The Kier molecular flexibility index (Phi) is 3.89. The van der Waals surface area contributed by atoms with Gasteiger partial charge in [-0.15, -0.1) is 0 Å². The van der Waals surface area contributed by atoms with Crippen molar-refractivity contribution in [2.45, 2.75) is 6.92 Å². The van der Waals surface area contributed by atoms with Gasteiger partial charge in [-0.25, -0.2) is 9.18 Å². The molecule has 108 valence electrons. The van der Waals surface area contributed by atoms with E-state index in [2.05, 4.69) is 5.32 Å². The van der Waals surface area contributed by atoms with Crippen LogP contribution in [-0.2, 0) is 0 Å². The molecule has 0 aromatic heterocycles. The van der Waals surface area contributed by atoms with E-state index in [-0.39, 0.29) is 16.8 Å². The predicted octanol–water partition coefficient (Wildman–Crippen LogP) is 2.79. The molecule has 0 aliphatic carbocycles. The van der Waals surface area contributed by atoms with Crippen LogP contribution in [0.2, 0.25) is 0 Å². The second kappa shape index (κ2) is 5.62. The topological polar surface area (TPSA) is 86.6 Å². The molecule has 0 fully saturated rings. The monoisotopic (exact) mass is 289 g/mol. The number of carbonyl (C=O) groups is 2. The lowest BCUT2D eigenvalue weighted by Gasteiger charge is -2.09. The van der Waals surface area contributed by atoms with Crippen LogP contribution in [0.4, 0.5) is 10.1 Å². The maximum Gasteiger partial charge on any atom is 0.339 e. The molecule has 1 amide bonds. The Hall–Kier alpha value is -2.89. The first-order valence-electron chi connectivity index (χ1n) is 6.02. The summed E-state index contributed by atoms with van der Waals surface area (Å²) in [4.78, 5) is 22.8. The second-order valence-corrected chi connectivity index (χ2v) is 4.45. The third-order valence-electron chi connectivity index (χ3n) is 2.93. The van der Waals surface area contributed by atoms with Crippen molar-refractivity contribution in [3.05, 3.63) is 58.9 Å². The Morgan fingerprint density at radius 2 is 1.81 bits per heavy atom. The SMILES string of the molecule is Cc1ccc(F)cc1C(=O)Nc1ccc(C(=O)O)c(O)c1. The van der Waals surface area contributed by atoms with Gasteiger partial charge < -0.3 is 15.5 Å². The van der Waals surface area contributed by atoms with Gasteiger partial charge in [-0.1, -0.05) is 6.07 Å². The molecule has 0 aliphatic heterocycles. The molecule has 0 atom stereocenters. The van der Waals surface area contributed by atoms with Crippen molar-refractivity contribution in [3.63, 3.8) is 0 Å². The number of carboxylic acid groups (broad SMARTS) is 1. The summed E-state index contributed by atoms with van der Waals surface area (Å²) in [5.41, 5.74) is 0.707. The van der Waals surface area contributed by atoms with E-state index in [4.69, 9.17) is 5.11 Å². The van der Waals surface area contributed by atoms with Gasteiger partial charge in [0.15, 0.2) is 0 Å². The van der Waals surface area contributed by atoms with Gasteiger partial charge in [-0.3, -0.25) is 4.79 Å². The first-order valence-corrected chi connectivity index (χ1v) is 6.02. The lowest BCUT2D eigenvalue weighted by atomic mass is 10.1. The molecule has 0 aliphatic rings. The van der Waals surface area contributed by atoms with Crippen LogP contribution in [-0.4, -0.2) is 22.1 Å². The van der Waals surface area contributed by atoms with Gasteiger partial charge in [0.25, 0.3) is 5.91 Å². The van der Waals surface area contributed by atoms with Gasteiger partial charge >= 0.3 is 5.97 Å². The average Bonchev–Trinajstić information content (AvgIpc) is 2.41. The molecule has 0 radical (unpaired) electrons.